The van der Waals surface area contributed by atoms with E-state index in [2.05, 4.69) is 15.5 Å². The molecule has 146 valence electrons. The number of aromatic nitrogens is 3. The molecule has 0 atom stereocenters. The number of halogens is 1. The number of thioether (sulfide) groups is 1. The second kappa shape index (κ2) is 8.88. The Labute approximate surface area is 167 Å². The van der Waals surface area contributed by atoms with Crippen LogP contribution in [-0.2, 0) is 4.79 Å². The van der Waals surface area contributed by atoms with Gasteiger partial charge in [0.15, 0.2) is 11.0 Å². The molecular formula is C20H21FN4O2S. The number of nitrogens with one attached hydrogen (secondary N) is 1. The van der Waals surface area contributed by atoms with E-state index in [0.29, 0.717) is 5.16 Å². The molecule has 0 unspecified atom stereocenters. The predicted molar refractivity (Wildman–Crippen MR) is 108 cm³/mol. The maximum absolute atomic E-state index is 13.7. The van der Waals surface area contributed by atoms with Crippen molar-refractivity contribution in [1.82, 2.24) is 14.8 Å². The third kappa shape index (κ3) is 4.51. The smallest absolute Gasteiger partial charge is 0.234 e. The molecule has 0 aliphatic heterocycles. The Morgan fingerprint density at radius 1 is 1.18 bits per heavy atom. The van der Waals surface area contributed by atoms with Crippen LogP contribution in [0.4, 0.5) is 10.1 Å². The first-order valence-corrected chi connectivity index (χ1v) is 9.74. The Morgan fingerprint density at radius 2 is 1.89 bits per heavy atom. The van der Waals surface area contributed by atoms with Gasteiger partial charge in [0.25, 0.3) is 0 Å². The van der Waals surface area contributed by atoms with E-state index in [1.165, 1.54) is 23.9 Å². The normalized spacial score (nSPS) is 10.9. The summed E-state index contributed by atoms with van der Waals surface area (Å²) < 4.78 is 20.8. The number of para-hydroxylation sites is 1. The number of amides is 1. The molecule has 0 radical (unpaired) electrons. The number of hydrogen-bond acceptors (Lipinski definition) is 5. The first kappa shape index (κ1) is 19.9. The molecule has 0 fully saturated rings. The molecular weight excluding hydrogens is 379 g/mol. The fourth-order valence-corrected chi connectivity index (χ4v) is 3.52. The summed E-state index contributed by atoms with van der Waals surface area (Å²) in [7, 11) is 1.62. The van der Waals surface area contributed by atoms with Crippen LogP contribution in [0.15, 0.2) is 53.7 Å². The summed E-state index contributed by atoms with van der Waals surface area (Å²) in [6.45, 7) is 4.06. The molecule has 0 saturated carbocycles. The molecule has 28 heavy (non-hydrogen) atoms. The summed E-state index contributed by atoms with van der Waals surface area (Å²) >= 11 is 1.26. The van der Waals surface area contributed by atoms with E-state index in [1.54, 1.807) is 19.2 Å². The predicted octanol–water partition coefficient (Wildman–Crippen LogP) is 4.40. The van der Waals surface area contributed by atoms with Gasteiger partial charge in [0, 0.05) is 11.6 Å². The summed E-state index contributed by atoms with van der Waals surface area (Å²) in [6.07, 6.45) is 0. The molecule has 0 saturated heterocycles. The average molecular weight is 400 g/mol. The van der Waals surface area contributed by atoms with E-state index in [9.17, 15) is 9.18 Å². The first-order valence-electron chi connectivity index (χ1n) is 8.76. The molecule has 0 aliphatic rings. The van der Waals surface area contributed by atoms with Gasteiger partial charge in [-0.2, -0.15) is 0 Å². The Bertz CT molecular complexity index is 957. The monoisotopic (exact) mass is 400 g/mol. The van der Waals surface area contributed by atoms with E-state index in [1.807, 2.05) is 42.7 Å². The summed E-state index contributed by atoms with van der Waals surface area (Å²) in [5.74, 6) is 0.808. The van der Waals surface area contributed by atoms with Crippen molar-refractivity contribution in [3.8, 4) is 17.1 Å². The van der Waals surface area contributed by atoms with Crippen LogP contribution in [0.2, 0.25) is 0 Å². The second-order valence-corrected chi connectivity index (χ2v) is 7.26. The Hall–Kier alpha value is -2.87. The molecule has 2 aromatic carbocycles. The van der Waals surface area contributed by atoms with E-state index >= 15 is 0 Å². The minimum Gasteiger partial charge on any atom is -0.497 e. The van der Waals surface area contributed by atoms with Crippen LogP contribution in [0.25, 0.3) is 11.4 Å². The number of hydrogen-bond donors (Lipinski definition) is 1. The highest BCUT2D eigenvalue weighted by Crippen LogP contribution is 2.28. The lowest BCUT2D eigenvalue weighted by atomic mass is 10.2. The molecule has 0 spiro atoms. The summed E-state index contributed by atoms with van der Waals surface area (Å²) in [5.41, 5.74) is 1.07. The lowest BCUT2D eigenvalue weighted by Gasteiger charge is -2.14. The van der Waals surface area contributed by atoms with Crippen molar-refractivity contribution >= 4 is 23.4 Å². The second-order valence-electron chi connectivity index (χ2n) is 6.32. The largest absolute Gasteiger partial charge is 0.497 e. The van der Waals surface area contributed by atoms with Gasteiger partial charge in [-0.25, -0.2) is 4.39 Å². The number of carbonyl (C=O) groups excluding carboxylic acids is 1. The molecule has 8 heteroatoms. The molecule has 1 heterocycles. The van der Waals surface area contributed by atoms with Crippen LogP contribution < -0.4 is 10.1 Å². The third-order valence-electron chi connectivity index (χ3n) is 4.01. The van der Waals surface area contributed by atoms with E-state index < -0.39 is 5.82 Å². The van der Waals surface area contributed by atoms with Crippen LogP contribution in [0, 0.1) is 5.82 Å². The van der Waals surface area contributed by atoms with E-state index in [-0.39, 0.29) is 23.4 Å². The minimum atomic E-state index is -0.465. The maximum atomic E-state index is 13.7. The van der Waals surface area contributed by atoms with Gasteiger partial charge in [0.1, 0.15) is 11.6 Å². The number of ether oxygens (including phenoxy) is 1. The Morgan fingerprint density at radius 3 is 2.54 bits per heavy atom. The van der Waals surface area contributed by atoms with E-state index in [4.69, 9.17) is 4.74 Å². The third-order valence-corrected chi connectivity index (χ3v) is 4.95. The fraction of sp³-hybridized carbons (Fsp3) is 0.250. The number of benzene rings is 2. The van der Waals surface area contributed by atoms with Gasteiger partial charge in [0.05, 0.1) is 18.6 Å². The van der Waals surface area contributed by atoms with Crippen molar-refractivity contribution in [3.63, 3.8) is 0 Å². The highest BCUT2D eigenvalue weighted by Gasteiger charge is 2.18. The zero-order valence-electron chi connectivity index (χ0n) is 15.8. The van der Waals surface area contributed by atoms with Crippen LogP contribution in [0.5, 0.6) is 5.75 Å². The van der Waals surface area contributed by atoms with Gasteiger partial charge in [0.2, 0.25) is 5.91 Å². The van der Waals surface area contributed by atoms with Crippen molar-refractivity contribution in [2.24, 2.45) is 0 Å². The minimum absolute atomic E-state index is 0.0990. The number of methoxy groups -OCH3 is 1. The van der Waals surface area contributed by atoms with Gasteiger partial charge in [-0.05, 0) is 50.2 Å². The SMILES string of the molecule is COc1ccc(-c2nnc(SCC(=O)Nc3ccccc3F)n2C(C)C)cc1. The van der Waals surface area contributed by atoms with Crippen molar-refractivity contribution in [1.29, 1.82) is 0 Å². The van der Waals surface area contributed by atoms with Gasteiger partial charge >= 0.3 is 0 Å². The number of carbonyl (C=O) groups is 1. The van der Waals surface area contributed by atoms with Crippen LogP contribution >= 0.6 is 11.8 Å². The van der Waals surface area contributed by atoms with E-state index in [0.717, 1.165) is 17.1 Å². The van der Waals surface area contributed by atoms with Crippen molar-refractivity contribution in [3.05, 3.63) is 54.3 Å². The molecule has 0 bridgehead atoms. The molecule has 3 aromatic rings. The van der Waals surface area contributed by atoms with Crippen molar-refractivity contribution in [2.45, 2.75) is 25.0 Å². The van der Waals surface area contributed by atoms with Crippen LogP contribution in [0.3, 0.4) is 0 Å². The summed E-state index contributed by atoms with van der Waals surface area (Å²) in [5, 5.41) is 11.7. The van der Waals surface area contributed by atoms with Gasteiger partial charge in [-0.15, -0.1) is 10.2 Å². The Balaban J connectivity index is 1.74. The molecule has 6 nitrogen and oxygen atoms in total. The molecule has 1 N–H and O–H groups in total. The zero-order valence-corrected chi connectivity index (χ0v) is 16.7. The summed E-state index contributed by atoms with van der Waals surface area (Å²) in [6, 6.07) is 13.7. The lowest BCUT2D eigenvalue weighted by Crippen LogP contribution is -2.15. The lowest BCUT2D eigenvalue weighted by molar-refractivity contribution is -0.113. The topological polar surface area (TPSA) is 69.0 Å². The molecule has 0 aliphatic carbocycles. The summed E-state index contributed by atoms with van der Waals surface area (Å²) in [4.78, 5) is 12.2. The van der Waals surface area contributed by atoms with Crippen molar-refractivity contribution < 1.29 is 13.9 Å². The quantitative estimate of drug-likeness (QED) is 0.595. The highest BCUT2D eigenvalue weighted by atomic mass is 32.2. The number of nitrogens with zero attached hydrogens (tertiary/aromatic N) is 3. The standard InChI is InChI=1S/C20H21FN4O2S/c1-13(2)25-19(14-8-10-15(27-3)11-9-14)23-24-20(25)28-12-18(26)22-17-7-5-4-6-16(17)21/h4-11,13H,12H2,1-3H3,(H,22,26). The average Bonchev–Trinajstić information content (AvgIpc) is 3.12. The maximum Gasteiger partial charge on any atom is 0.234 e. The highest BCUT2D eigenvalue weighted by molar-refractivity contribution is 7.99. The number of rotatable bonds is 7. The van der Waals surface area contributed by atoms with Gasteiger partial charge in [-0.3, -0.25) is 9.36 Å². The number of anilines is 1. The fourth-order valence-electron chi connectivity index (χ4n) is 2.66. The zero-order chi connectivity index (χ0) is 20.1. The molecule has 1 amide bonds. The molecule has 3 rings (SSSR count). The Kier molecular flexibility index (Phi) is 6.30. The first-order chi connectivity index (χ1) is 13.5. The van der Waals surface area contributed by atoms with Gasteiger partial charge in [-0.1, -0.05) is 23.9 Å². The van der Waals surface area contributed by atoms with Crippen LogP contribution in [0.1, 0.15) is 19.9 Å². The molecule has 1 aromatic heterocycles. The van der Waals surface area contributed by atoms with Crippen molar-refractivity contribution in [2.75, 3.05) is 18.2 Å². The van der Waals surface area contributed by atoms with Gasteiger partial charge < -0.3 is 10.1 Å². The van der Waals surface area contributed by atoms with Crippen LogP contribution in [-0.4, -0.2) is 33.5 Å².